The molecule has 0 aromatic heterocycles. The molecule has 98 valence electrons. The monoisotopic (exact) mass is 268 g/mol. The summed E-state index contributed by atoms with van der Waals surface area (Å²) < 4.78 is 24.7. The SMILES string of the molecule is O=C(CS(=O)c1ccc(F)cc1)C1CCCCC1. The molecular formula is C14H17FO2S. The van der Waals surface area contributed by atoms with Crippen LogP contribution in [-0.4, -0.2) is 15.7 Å². The summed E-state index contributed by atoms with van der Waals surface area (Å²) >= 11 is 0. The molecule has 0 N–H and O–H groups in total. The van der Waals surface area contributed by atoms with E-state index in [9.17, 15) is 13.4 Å². The van der Waals surface area contributed by atoms with E-state index in [0.717, 1.165) is 25.7 Å². The summed E-state index contributed by atoms with van der Waals surface area (Å²) in [6.45, 7) is 0. The molecule has 1 aromatic rings. The number of carbonyl (C=O) groups excluding carboxylic acids is 1. The Morgan fingerprint density at radius 2 is 1.78 bits per heavy atom. The van der Waals surface area contributed by atoms with Gasteiger partial charge in [0.25, 0.3) is 0 Å². The Kier molecular flexibility index (Phi) is 4.64. The molecule has 18 heavy (non-hydrogen) atoms. The van der Waals surface area contributed by atoms with Crippen molar-refractivity contribution in [1.82, 2.24) is 0 Å². The molecule has 1 atom stereocenters. The van der Waals surface area contributed by atoms with Crippen molar-refractivity contribution in [2.75, 3.05) is 5.75 Å². The van der Waals surface area contributed by atoms with E-state index in [2.05, 4.69) is 0 Å². The van der Waals surface area contributed by atoms with Gasteiger partial charge < -0.3 is 0 Å². The molecule has 0 radical (unpaired) electrons. The van der Waals surface area contributed by atoms with E-state index in [0.29, 0.717) is 4.90 Å². The third-order valence-corrected chi connectivity index (χ3v) is 4.76. The lowest BCUT2D eigenvalue weighted by Crippen LogP contribution is -2.23. The highest BCUT2D eigenvalue weighted by Crippen LogP contribution is 2.25. The van der Waals surface area contributed by atoms with Gasteiger partial charge >= 0.3 is 0 Å². The number of halogens is 1. The minimum Gasteiger partial charge on any atom is -0.298 e. The second-order valence-corrected chi connectivity index (χ2v) is 6.20. The van der Waals surface area contributed by atoms with Crippen LogP contribution in [0.3, 0.4) is 0 Å². The molecule has 0 aliphatic heterocycles. The van der Waals surface area contributed by atoms with Crippen LogP contribution in [0, 0.1) is 11.7 Å². The van der Waals surface area contributed by atoms with Crippen LogP contribution in [-0.2, 0) is 15.6 Å². The molecule has 1 aliphatic rings. The van der Waals surface area contributed by atoms with Crippen molar-refractivity contribution in [1.29, 1.82) is 0 Å². The highest BCUT2D eigenvalue weighted by Gasteiger charge is 2.22. The van der Waals surface area contributed by atoms with Crippen LogP contribution in [0.4, 0.5) is 4.39 Å². The fraction of sp³-hybridized carbons (Fsp3) is 0.500. The molecule has 1 fully saturated rings. The summed E-state index contributed by atoms with van der Waals surface area (Å²) in [6, 6.07) is 5.52. The highest BCUT2D eigenvalue weighted by molar-refractivity contribution is 7.85. The predicted molar refractivity (Wildman–Crippen MR) is 69.3 cm³/mol. The van der Waals surface area contributed by atoms with Crippen molar-refractivity contribution in [2.24, 2.45) is 5.92 Å². The van der Waals surface area contributed by atoms with Gasteiger partial charge in [-0.15, -0.1) is 0 Å². The number of Topliss-reactive ketones (excluding diaryl/α,β-unsaturated/α-hetero) is 1. The number of rotatable bonds is 4. The molecule has 0 amide bonds. The summed E-state index contributed by atoms with van der Waals surface area (Å²) in [5.74, 6) is -0.106. The van der Waals surface area contributed by atoms with Crippen molar-refractivity contribution in [2.45, 2.75) is 37.0 Å². The number of benzene rings is 1. The van der Waals surface area contributed by atoms with Gasteiger partial charge in [-0.05, 0) is 37.1 Å². The Labute approximate surface area is 109 Å². The molecular weight excluding hydrogens is 251 g/mol. The molecule has 1 aromatic carbocycles. The maximum atomic E-state index is 12.7. The fourth-order valence-corrected chi connectivity index (χ4v) is 3.44. The van der Waals surface area contributed by atoms with E-state index in [1.54, 1.807) is 0 Å². The molecule has 2 nitrogen and oxygen atoms in total. The first-order valence-corrected chi connectivity index (χ1v) is 7.65. The molecule has 1 unspecified atom stereocenters. The van der Waals surface area contributed by atoms with Crippen molar-refractivity contribution < 1.29 is 13.4 Å². The molecule has 1 saturated carbocycles. The zero-order valence-corrected chi connectivity index (χ0v) is 11.0. The molecule has 4 heteroatoms. The lowest BCUT2D eigenvalue weighted by Gasteiger charge is -2.19. The molecule has 0 heterocycles. The lowest BCUT2D eigenvalue weighted by atomic mass is 9.87. The van der Waals surface area contributed by atoms with Crippen LogP contribution in [0.1, 0.15) is 32.1 Å². The third kappa shape index (κ3) is 3.48. The van der Waals surface area contributed by atoms with Gasteiger partial charge in [0.05, 0.1) is 16.6 Å². The molecule has 0 spiro atoms. The van der Waals surface area contributed by atoms with Gasteiger partial charge in [0, 0.05) is 10.8 Å². The van der Waals surface area contributed by atoms with Gasteiger partial charge in [-0.3, -0.25) is 9.00 Å². The van der Waals surface area contributed by atoms with Crippen molar-refractivity contribution >= 4 is 16.6 Å². The number of hydrogen-bond acceptors (Lipinski definition) is 2. The van der Waals surface area contributed by atoms with Gasteiger partial charge in [-0.25, -0.2) is 4.39 Å². The van der Waals surface area contributed by atoms with E-state index >= 15 is 0 Å². The Morgan fingerprint density at radius 3 is 2.39 bits per heavy atom. The maximum absolute atomic E-state index is 12.7. The Balaban J connectivity index is 1.94. The second-order valence-electron chi connectivity index (χ2n) is 4.75. The first kappa shape index (κ1) is 13.4. The zero-order chi connectivity index (χ0) is 13.0. The molecule has 2 rings (SSSR count). The van der Waals surface area contributed by atoms with Crippen molar-refractivity contribution in [3.05, 3.63) is 30.1 Å². The van der Waals surface area contributed by atoms with Gasteiger partial charge in [-0.1, -0.05) is 19.3 Å². The minimum absolute atomic E-state index is 0.0658. The summed E-state index contributed by atoms with van der Waals surface area (Å²) in [5.41, 5.74) is 0. The normalized spacial score (nSPS) is 18.5. The van der Waals surface area contributed by atoms with Gasteiger partial charge in [0.1, 0.15) is 11.6 Å². The van der Waals surface area contributed by atoms with Crippen LogP contribution in [0.2, 0.25) is 0 Å². The number of ketones is 1. The first-order chi connectivity index (χ1) is 8.66. The Morgan fingerprint density at radius 1 is 1.17 bits per heavy atom. The largest absolute Gasteiger partial charge is 0.298 e. The maximum Gasteiger partial charge on any atom is 0.148 e. The number of hydrogen-bond donors (Lipinski definition) is 0. The summed E-state index contributed by atoms with van der Waals surface area (Å²) in [6.07, 6.45) is 5.25. The molecule has 0 saturated heterocycles. The van der Waals surface area contributed by atoms with Crippen LogP contribution in [0.25, 0.3) is 0 Å². The van der Waals surface area contributed by atoms with E-state index < -0.39 is 10.8 Å². The average molecular weight is 268 g/mol. The Bertz CT molecular complexity index is 436. The minimum atomic E-state index is -1.34. The van der Waals surface area contributed by atoms with Gasteiger partial charge in [-0.2, -0.15) is 0 Å². The number of carbonyl (C=O) groups is 1. The van der Waals surface area contributed by atoms with E-state index in [-0.39, 0.29) is 23.3 Å². The van der Waals surface area contributed by atoms with Crippen LogP contribution < -0.4 is 0 Å². The van der Waals surface area contributed by atoms with Crippen molar-refractivity contribution in [3.8, 4) is 0 Å². The van der Waals surface area contributed by atoms with Crippen LogP contribution in [0.15, 0.2) is 29.2 Å². The summed E-state index contributed by atoms with van der Waals surface area (Å²) in [7, 11) is -1.34. The van der Waals surface area contributed by atoms with Crippen LogP contribution >= 0.6 is 0 Å². The topological polar surface area (TPSA) is 34.1 Å². The van der Waals surface area contributed by atoms with E-state index in [1.807, 2.05) is 0 Å². The lowest BCUT2D eigenvalue weighted by molar-refractivity contribution is -0.121. The van der Waals surface area contributed by atoms with Crippen molar-refractivity contribution in [3.63, 3.8) is 0 Å². The average Bonchev–Trinajstić information content (AvgIpc) is 2.40. The standard InChI is InChI=1S/C14H17FO2S/c15-12-6-8-13(9-7-12)18(17)10-14(16)11-4-2-1-3-5-11/h6-9,11H,1-5,10H2. The van der Waals surface area contributed by atoms with E-state index in [4.69, 9.17) is 0 Å². The molecule has 1 aliphatic carbocycles. The smallest absolute Gasteiger partial charge is 0.148 e. The fourth-order valence-electron chi connectivity index (χ4n) is 2.34. The molecule has 0 bridgehead atoms. The quantitative estimate of drug-likeness (QED) is 0.841. The third-order valence-electron chi connectivity index (χ3n) is 3.41. The summed E-state index contributed by atoms with van der Waals surface area (Å²) in [4.78, 5) is 12.5. The Hall–Kier alpha value is -1.03. The highest BCUT2D eigenvalue weighted by atomic mass is 32.2. The summed E-state index contributed by atoms with van der Waals surface area (Å²) in [5, 5.41) is 0. The van der Waals surface area contributed by atoms with Crippen LogP contribution in [0.5, 0.6) is 0 Å². The zero-order valence-electron chi connectivity index (χ0n) is 10.2. The van der Waals surface area contributed by atoms with Gasteiger partial charge in [0.2, 0.25) is 0 Å². The van der Waals surface area contributed by atoms with E-state index in [1.165, 1.54) is 30.7 Å². The van der Waals surface area contributed by atoms with Gasteiger partial charge in [0.15, 0.2) is 0 Å². The first-order valence-electron chi connectivity index (χ1n) is 6.33. The predicted octanol–water partition coefficient (Wildman–Crippen LogP) is 3.08. The second kappa shape index (κ2) is 6.23.